The standard InChI is InChI=1S/C16H18O2/c1-12(17)16(18)15(13-8-4-2-5-9-13)14-10-6-3-7-11-14/h2-12,15-18H,1H3. The molecule has 2 heteroatoms. The van der Waals surface area contributed by atoms with Crippen LogP contribution in [-0.4, -0.2) is 22.4 Å². The number of benzene rings is 2. The first-order chi connectivity index (χ1) is 8.70. The summed E-state index contributed by atoms with van der Waals surface area (Å²) in [4.78, 5) is 0. The maximum Gasteiger partial charge on any atom is 0.0905 e. The summed E-state index contributed by atoms with van der Waals surface area (Å²) < 4.78 is 0. The van der Waals surface area contributed by atoms with E-state index in [0.29, 0.717) is 0 Å². The summed E-state index contributed by atoms with van der Waals surface area (Å²) in [5, 5.41) is 19.9. The van der Waals surface area contributed by atoms with Gasteiger partial charge in [-0.3, -0.25) is 0 Å². The molecule has 0 aliphatic heterocycles. The lowest BCUT2D eigenvalue weighted by Gasteiger charge is -2.26. The average Bonchev–Trinajstić information content (AvgIpc) is 2.41. The van der Waals surface area contributed by atoms with Crippen LogP contribution in [0.3, 0.4) is 0 Å². The predicted octanol–water partition coefficient (Wildman–Crippen LogP) is 2.56. The van der Waals surface area contributed by atoms with Crippen molar-refractivity contribution in [2.75, 3.05) is 0 Å². The number of hydrogen-bond acceptors (Lipinski definition) is 2. The topological polar surface area (TPSA) is 40.5 Å². The number of hydrogen-bond donors (Lipinski definition) is 2. The Balaban J connectivity index is 2.42. The zero-order valence-corrected chi connectivity index (χ0v) is 10.4. The molecular formula is C16H18O2. The van der Waals surface area contributed by atoms with Crippen molar-refractivity contribution in [2.24, 2.45) is 0 Å². The Bertz CT molecular complexity index is 425. The van der Waals surface area contributed by atoms with E-state index in [1.54, 1.807) is 6.92 Å². The van der Waals surface area contributed by atoms with Gasteiger partial charge < -0.3 is 10.2 Å². The molecular weight excluding hydrogens is 224 g/mol. The van der Waals surface area contributed by atoms with E-state index in [4.69, 9.17) is 0 Å². The van der Waals surface area contributed by atoms with Gasteiger partial charge in [-0.15, -0.1) is 0 Å². The summed E-state index contributed by atoms with van der Waals surface area (Å²) in [5.41, 5.74) is 2.02. The Kier molecular flexibility index (Phi) is 4.13. The molecule has 0 amide bonds. The van der Waals surface area contributed by atoms with E-state index in [-0.39, 0.29) is 5.92 Å². The van der Waals surface area contributed by atoms with Crippen LogP contribution in [0, 0.1) is 0 Å². The predicted molar refractivity (Wildman–Crippen MR) is 72.4 cm³/mol. The minimum Gasteiger partial charge on any atom is -0.391 e. The van der Waals surface area contributed by atoms with Crippen LogP contribution >= 0.6 is 0 Å². The van der Waals surface area contributed by atoms with Crippen molar-refractivity contribution in [3.05, 3.63) is 71.8 Å². The van der Waals surface area contributed by atoms with Crippen molar-refractivity contribution in [1.82, 2.24) is 0 Å². The highest BCUT2D eigenvalue weighted by Crippen LogP contribution is 2.29. The van der Waals surface area contributed by atoms with E-state index >= 15 is 0 Å². The number of rotatable bonds is 4. The average molecular weight is 242 g/mol. The zero-order valence-electron chi connectivity index (χ0n) is 10.4. The fourth-order valence-corrected chi connectivity index (χ4v) is 2.19. The van der Waals surface area contributed by atoms with Gasteiger partial charge in [0.25, 0.3) is 0 Å². The van der Waals surface area contributed by atoms with Crippen molar-refractivity contribution in [3.8, 4) is 0 Å². The highest BCUT2D eigenvalue weighted by atomic mass is 16.3. The minimum absolute atomic E-state index is 0.201. The van der Waals surface area contributed by atoms with E-state index < -0.39 is 12.2 Å². The Morgan fingerprint density at radius 2 is 1.11 bits per heavy atom. The van der Waals surface area contributed by atoms with E-state index in [1.807, 2.05) is 60.7 Å². The normalized spacial score (nSPS) is 14.4. The fraction of sp³-hybridized carbons (Fsp3) is 0.250. The Morgan fingerprint density at radius 1 is 0.722 bits per heavy atom. The number of aliphatic hydroxyl groups excluding tert-OH is 2. The van der Waals surface area contributed by atoms with Crippen LogP contribution in [-0.2, 0) is 0 Å². The van der Waals surface area contributed by atoms with Gasteiger partial charge in [-0.2, -0.15) is 0 Å². The Morgan fingerprint density at radius 3 is 1.44 bits per heavy atom. The van der Waals surface area contributed by atoms with Gasteiger partial charge in [0.2, 0.25) is 0 Å². The van der Waals surface area contributed by atoms with Crippen LogP contribution < -0.4 is 0 Å². The van der Waals surface area contributed by atoms with Gasteiger partial charge >= 0.3 is 0 Å². The van der Waals surface area contributed by atoms with Crippen molar-refractivity contribution in [3.63, 3.8) is 0 Å². The van der Waals surface area contributed by atoms with Gasteiger partial charge in [0.05, 0.1) is 12.2 Å². The lowest BCUT2D eigenvalue weighted by Crippen LogP contribution is -2.30. The molecule has 2 unspecified atom stereocenters. The first-order valence-corrected chi connectivity index (χ1v) is 6.16. The summed E-state index contributed by atoms with van der Waals surface area (Å²) in [6.07, 6.45) is -1.58. The molecule has 0 aromatic heterocycles. The second-order valence-electron chi connectivity index (χ2n) is 4.53. The summed E-state index contributed by atoms with van der Waals surface area (Å²) in [6, 6.07) is 19.6. The summed E-state index contributed by atoms with van der Waals surface area (Å²) in [7, 11) is 0. The Hall–Kier alpha value is -1.64. The summed E-state index contributed by atoms with van der Waals surface area (Å²) in [5.74, 6) is -0.201. The van der Waals surface area contributed by atoms with Crippen molar-refractivity contribution >= 4 is 0 Å². The third-order valence-corrected chi connectivity index (χ3v) is 3.15. The van der Waals surface area contributed by atoms with Gasteiger partial charge in [0.15, 0.2) is 0 Å². The molecule has 0 fully saturated rings. The van der Waals surface area contributed by atoms with E-state index in [1.165, 1.54) is 0 Å². The quantitative estimate of drug-likeness (QED) is 0.865. The first-order valence-electron chi connectivity index (χ1n) is 6.16. The van der Waals surface area contributed by atoms with Crippen LogP contribution in [0.1, 0.15) is 24.0 Å². The largest absolute Gasteiger partial charge is 0.391 e. The molecule has 18 heavy (non-hydrogen) atoms. The van der Waals surface area contributed by atoms with Crippen LogP contribution in [0.2, 0.25) is 0 Å². The molecule has 0 heterocycles. The molecule has 0 aliphatic rings. The first kappa shape index (κ1) is 12.8. The van der Waals surface area contributed by atoms with Crippen molar-refractivity contribution < 1.29 is 10.2 Å². The third kappa shape index (κ3) is 2.78. The highest BCUT2D eigenvalue weighted by molar-refractivity contribution is 5.34. The molecule has 0 spiro atoms. The van der Waals surface area contributed by atoms with Gasteiger partial charge in [-0.05, 0) is 18.1 Å². The fourth-order valence-electron chi connectivity index (χ4n) is 2.19. The molecule has 0 saturated heterocycles. The van der Waals surface area contributed by atoms with Gasteiger partial charge in [-0.25, -0.2) is 0 Å². The van der Waals surface area contributed by atoms with E-state index in [0.717, 1.165) is 11.1 Å². The van der Waals surface area contributed by atoms with Crippen LogP contribution in [0.4, 0.5) is 0 Å². The SMILES string of the molecule is CC(O)C(O)C(c1ccccc1)c1ccccc1. The van der Waals surface area contributed by atoms with Gasteiger partial charge in [0, 0.05) is 5.92 Å². The molecule has 0 aliphatic carbocycles. The zero-order chi connectivity index (χ0) is 13.0. The minimum atomic E-state index is -0.810. The molecule has 0 bridgehead atoms. The smallest absolute Gasteiger partial charge is 0.0905 e. The molecule has 0 saturated carbocycles. The van der Waals surface area contributed by atoms with E-state index in [9.17, 15) is 10.2 Å². The van der Waals surface area contributed by atoms with Gasteiger partial charge in [0.1, 0.15) is 0 Å². The van der Waals surface area contributed by atoms with Crippen molar-refractivity contribution in [1.29, 1.82) is 0 Å². The van der Waals surface area contributed by atoms with Crippen LogP contribution in [0.5, 0.6) is 0 Å². The molecule has 2 aromatic rings. The monoisotopic (exact) mass is 242 g/mol. The molecule has 2 rings (SSSR count). The molecule has 2 aromatic carbocycles. The van der Waals surface area contributed by atoms with Crippen LogP contribution in [0.15, 0.2) is 60.7 Å². The second kappa shape index (κ2) is 5.80. The molecule has 0 radical (unpaired) electrons. The van der Waals surface area contributed by atoms with Gasteiger partial charge in [-0.1, -0.05) is 60.7 Å². The van der Waals surface area contributed by atoms with Crippen LogP contribution in [0.25, 0.3) is 0 Å². The summed E-state index contributed by atoms with van der Waals surface area (Å²) >= 11 is 0. The molecule has 2 nitrogen and oxygen atoms in total. The lowest BCUT2D eigenvalue weighted by atomic mass is 9.85. The summed E-state index contributed by atoms with van der Waals surface area (Å²) in [6.45, 7) is 1.61. The molecule has 2 N–H and O–H groups in total. The van der Waals surface area contributed by atoms with E-state index in [2.05, 4.69) is 0 Å². The second-order valence-corrected chi connectivity index (χ2v) is 4.53. The highest BCUT2D eigenvalue weighted by Gasteiger charge is 2.26. The number of aliphatic hydroxyl groups is 2. The molecule has 2 atom stereocenters. The maximum atomic E-state index is 10.2. The molecule has 94 valence electrons. The lowest BCUT2D eigenvalue weighted by molar-refractivity contribution is 0.0213. The third-order valence-electron chi connectivity index (χ3n) is 3.15. The Labute approximate surface area is 108 Å². The maximum absolute atomic E-state index is 10.2. The van der Waals surface area contributed by atoms with Crippen molar-refractivity contribution in [2.45, 2.75) is 25.0 Å².